The second kappa shape index (κ2) is 7.97. The summed E-state index contributed by atoms with van der Waals surface area (Å²) in [6, 6.07) is 21.6. The number of aryl methyl sites for hydroxylation is 1. The lowest BCUT2D eigenvalue weighted by Gasteiger charge is -2.29. The molecular formula is C25H21ClN2O4. The molecule has 0 aliphatic carbocycles. The van der Waals surface area contributed by atoms with Crippen molar-refractivity contribution in [3.8, 4) is 5.75 Å². The molecule has 2 heterocycles. The third kappa shape index (κ3) is 3.23. The average molecular weight is 449 g/mol. The zero-order chi connectivity index (χ0) is 22.4. The summed E-state index contributed by atoms with van der Waals surface area (Å²) in [6.07, 6.45) is -0.931. The van der Waals surface area contributed by atoms with Crippen LogP contribution in [0.3, 0.4) is 0 Å². The van der Waals surface area contributed by atoms with Crippen molar-refractivity contribution >= 4 is 34.8 Å². The highest BCUT2D eigenvalue weighted by molar-refractivity contribution is 6.32. The molecule has 32 heavy (non-hydrogen) atoms. The molecule has 0 radical (unpaired) electrons. The zero-order valence-corrected chi connectivity index (χ0v) is 18.3. The number of para-hydroxylation sites is 1. The van der Waals surface area contributed by atoms with Crippen molar-refractivity contribution in [2.75, 3.05) is 17.1 Å². The van der Waals surface area contributed by atoms with E-state index in [0.717, 1.165) is 16.8 Å². The summed E-state index contributed by atoms with van der Waals surface area (Å²) in [5, 5.41) is 2.16. The van der Waals surface area contributed by atoms with Crippen molar-refractivity contribution in [1.82, 2.24) is 0 Å². The van der Waals surface area contributed by atoms with Gasteiger partial charge in [0.05, 0.1) is 24.5 Å². The van der Waals surface area contributed by atoms with E-state index >= 15 is 0 Å². The van der Waals surface area contributed by atoms with Crippen LogP contribution in [0.2, 0.25) is 5.02 Å². The van der Waals surface area contributed by atoms with E-state index in [1.54, 1.807) is 30.4 Å². The van der Waals surface area contributed by atoms with Gasteiger partial charge in [-0.25, -0.2) is 9.96 Å². The van der Waals surface area contributed by atoms with E-state index in [1.807, 2.05) is 61.5 Å². The van der Waals surface area contributed by atoms with Crippen molar-refractivity contribution < 1.29 is 19.2 Å². The molecule has 0 N–H and O–H groups in total. The summed E-state index contributed by atoms with van der Waals surface area (Å²) in [7, 11) is 1.59. The third-order valence-electron chi connectivity index (χ3n) is 5.98. The lowest BCUT2D eigenvalue weighted by Crippen LogP contribution is -2.37. The van der Waals surface area contributed by atoms with E-state index in [4.69, 9.17) is 21.2 Å². The van der Waals surface area contributed by atoms with Gasteiger partial charge in [-0.3, -0.25) is 14.4 Å². The quantitative estimate of drug-likeness (QED) is 0.541. The molecule has 2 saturated heterocycles. The number of imide groups is 1. The molecule has 0 aromatic heterocycles. The number of carbonyl (C=O) groups excluding carboxylic acids is 2. The summed E-state index contributed by atoms with van der Waals surface area (Å²) >= 11 is 6.27. The Morgan fingerprint density at radius 3 is 2.41 bits per heavy atom. The van der Waals surface area contributed by atoms with Gasteiger partial charge in [0.25, 0.3) is 5.91 Å². The van der Waals surface area contributed by atoms with Gasteiger partial charge in [0.15, 0.2) is 6.10 Å². The standard InChI is InChI=1S/C25H21ClN2O4/c1-15-11-12-18(14-20(15)26)27-24(29)21-22(16-7-6-10-19(13-16)31-2)28(32-23(21)25(27)30)17-8-4-3-5-9-17/h3-14,21-23H,1-2H3/t21-,22-,23+/m0/s1. The molecule has 2 aliphatic heterocycles. The first kappa shape index (κ1) is 20.5. The molecule has 0 bridgehead atoms. The Bertz CT molecular complexity index is 1200. The van der Waals surface area contributed by atoms with E-state index < -0.39 is 24.0 Å². The van der Waals surface area contributed by atoms with Gasteiger partial charge in [0.1, 0.15) is 11.7 Å². The van der Waals surface area contributed by atoms with Gasteiger partial charge in [-0.15, -0.1) is 0 Å². The smallest absolute Gasteiger partial charge is 0.266 e. The van der Waals surface area contributed by atoms with E-state index in [-0.39, 0.29) is 5.91 Å². The van der Waals surface area contributed by atoms with Crippen molar-refractivity contribution in [2.24, 2.45) is 5.92 Å². The summed E-state index contributed by atoms with van der Waals surface area (Å²) in [5.74, 6) is -0.759. The van der Waals surface area contributed by atoms with E-state index in [1.165, 1.54) is 4.90 Å². The minimum absolute atomic E-state index is 0.314. The van der Waals surface area contributed by atoms with Gasteiger partial charge in [-0.05, 0) is 54.4 Å². The summed E-state index contributed by atoms with van der Waals surface area (Å²) < 4.78 is 5.39. The van der Waals surface area contributed by atoms with E-state index in [0.29, 0.717) is 16.5 Å². The molecule has 3 atom stereocenters. The zero-order valence-electron chi connectivity index (χ0n) is 17.6. The third-order valence-corrected chi connectivity index (χ3v) is 6.38. The second-order valence-corrected chi connectivity index (χ2v) is 8.29. The Morgan fingerprint density at radius 1 is 0.906 bits per heavy atom. The highest BCUT2D eigenvalue weighted by Crippen LogP contribution is 2.48. The molecule has 7 heteroatoms. The highest BCUT2D eigenvalue weighted by Gasteiger charge is 2.60. The molecule has 2 amide bonds. The first-order valence-electron chi connectivity index (χ1n) is 10.3. The van der Waals surface area contributed by atoms with Crippen LogP contribution >= 0.6 is 11.6 Å². The number of ether oxygens (including phenoxy) is 1. The Morgan fingerprint density at radius 2 is 1.69 bits per heavy atom. The molecule has 162 valence electrons. The van der Waals surface area contributed by atoms with Crippen LogP contribution in [-0.4, -0.2) is 25.0 Å². The molecule has 3 aromatic carbocycles. The number of anilines is 2. The van der Waals surface area contributed by atoms with Gasteiger partial charge in [0, 0.05) is 5.02 Å². The maximum Gasteiger partial charge on any atom is 0.266 e. The largest absolute Gasteiger partial charge is 0.497 e. The Kier molecular flexibility index (Phi) is 5.12. The lowest BCUT2D eigenvalue weighted by atomic mass is 9.90. The second-order valence-electron chi connectivity index (χ2n) is 7.88. The number of halogens is 1. The lowest BCUT2D eigenvalue weighted by molar-refractivity contribution is -0.126. The molecule has 2 fully saturated rings. The minimum atomic E-state index is -0.931. The average Bonchev–Trinajstić information content (AvgIpc) is 3.32. The number of rotatable bonds is 4. The maximum absolute atomic E-state index is 13.6. The molecule has 3 aromatic rings. The molecule has 5 rings (SSSR count). The van der Waals surface area contributed by atoms with E-state index in [9.17, 15) is 9.59 Å². The fourth-order valence-electron chi connectivity index (χ4n) is 4.35. The monoisotopic (exact) mass is 448 g/mol. The van der Waals surface area contributed by atoms with Crippen molar-refractivity contribution in [1.29, 1.82) is 0 Å². The molecule has 6 nitrogen and oxygen atoms in total. The number of nitrogens with zero attached hydrogens (tertiary/aromatic N) is 2. The number of amides is 2. The van der Waals surface area contributed by atoms with Crippen molar-refractivity contribution in [3.63, 3.8) is 0 Å². The van der Waals surface area contributed by atoms with Crippen LogP contribution in [0.15, 0.2) is 72.8 Å². The summed E-state index contributed by atoms with van der Waals surface area (Å²) in [5.41, 5.74) is 2.91. The van der Waals surface area contributed by atoms with Crippen LogP contribution in [0, 0.1) is 12.8 Å². The maximum atomic E-state index is 13.6. The van der Waals surface area contributed by atoms with Crippen LogP contribution in [0.25, 0.3) is 0 Å². The SMILES string of the molecule is COc1cccc([C@H]2[C@@H]3C(=O)N(c4ccc(C)c(Cl)c4)C(=O)[C@@H]3ON2c2ccccc2)c1. The van der Waals surface area contributed by atoms with Gasteiger partial charge in [-0.1, -0.05) is 48.0 Å². The molecule has 0 unspecified atom stereocenters. The fourth-order valence-corrected chi connectivity index (χ4v) is 4.53. The number of fused-ring (bicyclic) bond motifs is 1. The van der Waals surface area contributed by atoms with Gasteiger partial charge in [0.2, 0.25) is 5.91 Å². The molecular weight excluding hydrogens is 428 g/mol. The number of carbonyl (C=O) groups is 2. The Balaban J connectivity index is 1.59. The molecule has 2 aliphatic rings. The first-order chi connectivity index (χ1) is 15.5. The predicted octanol–water partition coefficient (Wildman–Crippen LogP) is 4.71. The fraction of sp³-hybridized carbons (Fsp3) is 0.200. The van der Waals surface area contributed by atoms with E-state index in [2.05, 4.69) is 0 Å². The van der Waals surface area contributed by atoms with Crippen molar-refractivity contribution in [2.45, 2.75) is 19.1 Å². The topological polar surface area (TPSA) is 59.1 Å². The normalized spacial score (nSPS) is 22.4. The highest BCUT2D eigenvalue weighted by atomic mass is 35.5. The molecule has 0 saturated carbocycles. The number of methoxy groups -OCH3 is 1. The van der Waals surface area contributed by atoms with Gasteiger partial charge < -0.3 is 4.74 Å². The van der Waals surface area contributed by atoms with Gasteiger partial charge in [-0.2, -0.15) is 0 Å². The van der Waals surface area contributed by atoms with Crippen LogP contribution in [-0.2, 0) is 14.4 Å². The first-order valence-corrected chi connectivity index (χ1v) is 10.7. The Hall–Kier alpha value is -3.35. The Labute approximate surface area is 190 Å². The summed E-state index contributed by atoms with van der Waals surface area (Å²) in [4.78, 5) is 34.3. The van der Waals surface area contributed by atoms with Crippen molar-refractivity contribution in [3.05, 3.63) is 88.9 Å². The number of hydroxylamine groups is 1. The van der Waals surface area contributed by atoms with Gasteiger partial charge >= 0.3 is 0 Å². The predicted molar refractivity (Wildman–Crippen MR) is 122 cm³/mol. The number of benzene rings is 3. The van der Waals surface area contributed by atoms with Crippen LogP contribution in [0.4, 0.5) is 11.4 Å². The summed E-state index contributed by atoms with van der Waals surface area (Å²) in [6.45, 7) is 1.87. The molecule has 0 spiro atoms. The minimum Gasteiger partial charge on any atom is -0.497 e. The number of hydrogen-bond donors (Lipinski definition) is 0. The van der Waals surface area contributed by atoms with Crippen LogP contribution in [0.5, 0.6) is 5.75 Å². The number of hydrogen-bond acceptors (Lipinski definition) is 5. The van der Waals surface area contributed by atoms with Crippen LogP contribution < -0.4 is 14.7 Å². The van der Waals surface area contributed by atoms with Crippen LogP contribution in [0.1, 0.15) is 17.2 Å².